The molecule has 6 heteroatoms. The Labute approximate surface area is 134 Å². The first-order valence-corrected chi connectivity index (χ1v) is 8.62. The molecule has 6 nitrogen and oxygen atoms in total. The molecule has 1 aliphatic rings. The lowest BCUT2D eigenvalue weighted by Crippen LogP contribution is -2.63. The summed E-state index contributed by atoms with van der Waals surface area (Å²) in [4.78, 5) is 0. The van der Waals surface area contributed by atoms with Gasteiger partial charge in [0, 0.05) is 6.54 Å². The van der Waals surface area contributed by atoms with Crippen molar-refractivity contribution in [2.24, 2.45) is 5.92 Å². The van der Waals surface area contributed by atoms with E-state index in [9.17, 15) is 15.3 Å². The zero-order chi connectivity index (χ0) is 16.5. The van der Waals surface area contributed by atoms with E-state index in [1.54, 1.807) is 7.05 Å². The third-order valence-corrected chi connectivity index (χ3v) is 4.66. The molecule has 0 bridgehead atoms. The molecular weight excluding hydrogens is 284 g/mol. The van der Waals surface area contributed by atoms with Crippen molar-refractivity contribution in [1.82, 2.24) is 10.6 Å². The van der Waals surface area contributed by atoms with Crippen LogP contribution in [-0.4, -0.2) is 66.1 Å². The minimum absolute atomic E-state index is 0.428. The minimum atomic E-state index is -1.19. The van der Waals surface area contributed by atoms with Crippen LogP contribution < -0.4 is 10.6 Å². The molecule has 1 aliphatic heterocycles. The summed E-state index contributed by atoms with van der Waals surface area (Å²) in [5.41, 5.74) is 0. The summed E-state index contributed by atoms with van der Waals surface area (Å²) in [5, 5.41) is 35.9. The second kappa shape index (κ2) is 10.5. The van der Waals surface area contributed by atoms with Crippen molar-refractivity contribution in [3.05, 3.63) is 0 Å². The summed E-state index contributed by atoms with van der Waals surface area (Å²) in [5.74, 6) is 0.800. The van der Waals surface area contributed by atoms with Gasteiger partial charge in [-0.15, -0.1) is 0 Å². The Morgan fingerprint density at radius 1 is 1.00 bits per heavy atom. The number of aliphatic hydroxyl groups excluding tert-OH is 3. The third kappa shape index (κ3) is 5.76. The fourth-order valence-corrected chi connectivity index (χ4v) is 2.99. The molecule has 5 N–H and O–H groups in total. The lowest BCUT2D eigenvalue weighted by atomic mass is 9.96. The van der Waals surface area contributed by atoms with Gasteiger partial charge in [-0.25, -0.2) is 0 Å². The molecule has 5 atom stereocenters. The quantitative estimate of drug-likeness (QED) is 0.370. The van der Waals surface area contributed by atoms with E-state index >= 15 is 0 Å². The van der Waals surface area contributed by atoms with Crippen molar-refractivity contribution < 1.29 is 20.1 Å². The molecule has 0 radical (unpaired) electrons. The number of ether oxygens (including phenoxy) is 1. The Kier molecular flexibility index (Phi) is 9.47. The van der Waals surface area contributed by atoms with Crippen LogP contribution in [0.1, 0.15) is 46.0 Å². The zero-order valence-corrected chi connectivity index (χ0v) is 14.2. The molecule has 0 amide bonds. The fraction of sp³-hybridized carbons (Fsp3) is 1.00. The highest BCUT2D eigenvalue weighted by molar-refractivity contribution is 4.91. The van der Waals surface area contributed by atoms with E-state index in [0.29, 0.717) is 6.54 Å². The predicted molar refractivity (Wildman–Crippen MR) is 86.5 cm³/mol. The fourth-order valence-electron chi connectivity index (χ4n) is 2.99. The van der Waals surface area contributed by atoms with Gasteiger partial charge in [0.1, 0.15) is 30.6 Å². The molecular formula is C16H34N2O4. The van der Waals surface area contributed by atoms with Gasteiger partial charge in [0.25, 0.3) is 0 Å². The van der Waals surface area contributed by atoms with Crippen LogP contribution in [0.4, 0.5) is 0 Å². The largest absolute Gasteiger partial charge is 0.388 e. The maximum atomic E-state index is 10.00. The Morgan fingerprint density at radius 2 is 1.68 bits per heavy atom. The topological polar surface area (TPSA) is 94.0 Å². The first kappa shape index (κ1) is 19.8. The highest BCUT2D eigenvalue weighted by Crippen LogP contribution is 2.20. The standard InChI is InChI=1S/C16H34N2O4/c1-4-11(5-2)8-6-7-9-18-16-15(21)14(20)13(19)12(22-16)10-17-3/h11-21H,4-10H2,1-3H3. The van der Waals surface area contributed by atoms with Gasteiger partial charge in [0.15, 0.2) is 0 Å². The Morgan fingerprint density at radius 3 is 2.27 bits per heavy atom. The van der Waals surface area contributed by atoms with Crippen LogP contribution in [0.15, 0.2) is 0 Å². The number of hydrogen-bond acceptors (Lipinski definition) is 6. The average Bonchev–Trinajstić information content (AvgIpc) is 2.53. The van der Waals surface area contributed by atoms with Crippen LogP contribution in [0.2, 0.25) is 0 Å². The summed E-state index contributed by atoms with van der Waals surface area (Å²) < 4.78 is 5.66. The Hall–Kier alpha value is -0.240. The van der Waals surface area contributed by atoms with Crippen molar-refractivity contribution in [1.29, 1.82) is 0 Å². The maximum absolute atomic E-state index is 10.00. The summed E-state index contributed by atoms with van der Waals surface area (Å²) in [7, 11) is 1.76. The van der Waals surface area contributed by atoms with Crippen LogP contribution >= 0.6 is 0 Å². The normalized spacial score (nSPS) is 32.6. The van der Waals surface area contributed by atoms with Gasteiger partial charge in [-0.1, -0.05) is 39.5 Å². The molecule has 1 fully saturated rings. The number of hydrogen-bond donors (Lipinski definition) is 5. The van der Waals surface area contributed by atoms with E-state index in [1.165, 1.54) is 19.3 Å². The van der Waals surface area contributed by atoms with Crippen LogP contribution in [0, 0.1) is 5.92 Å². The molecule has 1 heterocycles. The van der Waals surface area contributed by atoms with Crippen LogP contribution in [0.3, 0.4) is 0 Å². The van der Waals surface area contributed by atoms with Crippen LogP contribution in [-0.2, 0) is 4.74 Å². The molecule has 0 aromatic rings. The van der Waals surface area contributed by atoms with Gasteiger partial charge in [-0.2, -0.15) is 0 Å². The smallest absolute Gasteiger partial charge is 0.137 e. The van der Waals surface area contributed by atoms with E-state index in [-0.39, 0.29) is 0 Å². The molecule has 22 heavy (non-hydrogen) atoms. The second-order valence-corrected chi connectivity index (χ2v) is 6.26. The molecule has 1 saturated heterocycles. The summed E-state index contributed by atoms with van der Waals surface area (Å²) in [6, 6.07) is 0. The number of unbranched alkanes of at least 4 members (excludes halogenated alkanes) is 1. The number of rotatable bonds is 10. The van der Waals surface area contributed by atoms with Crippen molar-refractivity contribution in [2.75, 3.05) is 20.1 Å². The Bertz CT molecular complexity index is 289. The van der Waals surface area contributed by atoms with E-state index in [2.05, 4.69) is 24.5 Å². The molecule has 5 unspecified atom stereocenters. The van der Waals surface area contributed by atoms with E-state index in [4.69, 9.17) is 4.74 Å². The average molecular weight is 318 g/mol. The van der Waals surface area contributed by atoms with Crippen LogP contribution in [0.25, 0.3) is 0 Å². The molecule has 0 aliphatic carbocycles. The first-order valence-electron chi connectivity index (χ1n) is 8.62. The van der Waals surface area contributed by atoms with Gasteiger partial charge >= 0.3 is 0 Å². The van der Waals surface area contributed by atoms with Crippen molar-refractivity contribution in [2.45, 2.75) is 76.6 Å². The molecule has 0 saturated carbocycles. The lowest BCUT2D eigenvalue weighted by molar-refractivity contribution is -0.227. The summed E-state index contributed by atoms with van der Waals surface area (Å²) in [6.45, 7) is 5.62. The van der Waals surface area contributed by atoms with Crippen molar-refractivity contribution in [3.63, 3.8) is 0 Å². The van der Waals surface area contributed by atoms with E-state index < -0.39 is 30.6 Å². The third-order valence-electron chi connectivity index (χ3n) is 4.66. The highest BCUT2D eigenvalue weighted by atomic mass is 16.5. The van der Waals surface area contributed by atoms with Crippen molar-refractivity contribution >= 4 is 0 Å². The van der Waals surface area contributed by atoms with Gasteiger partial charge in [-0.3, -0.25) is 5.32 Å². The SMILES string of the molecule is CCC(CC)CCCCNC1OC(CNC)C(O)C(O)C1O. The summed E-state index contributed by atoms with van der Waals surface area (Å²) in [6.07, 6.45) is 1.31. The molecule has 1 rings (SSSR count). The first-order chi connectivity index (χ1) is 10.5. The van der Waals surface area contributed by atoms with Gasteiger partial charge in [-0.05, 0) is 25.9 Å². The van der Waals surface area contributed by atoms with E-state index in [0.717, 1.165) is 25.3 Å². The molecule has 0 aromatic carbocycles. The zero-order valence-electron chi connectivity index (χ0n) is 14.2. The van der Waals surface area contributed by atoms with Gasteiger partial charge in [0.05, 0.1) is 0 Å². The molecule has 0 aromatic heterocycles. The van der Waals surface area contributed by atoms with Crippen molar-refractivity contribution in [3.8, 4) is 0 Å². The number of likely N-dealkylation sites (N-methyl/N-ethyl adjacent to an activating group) is 1. The maximum Gasteiger partial charge on any atom is 0.137 e. The van der Waals surface area contributed by atoms with Gasteiger partial charge < -0.3 is 25.4 Å². The molecule has 0 spiro atoms. The highest BCUT2D eigenvalue weighted by Gasteiger charge is 2.42. The van der Waals surface area contributed by atoms with Crippen LogP contribution in [0.5, 0.6) is 0 Å². The minimum Gasteiger partial charge on any atom is -0.388 e. The predicted octanol–water partition coefficient (Wildman–Crippen LogP) is 0.210. The monoisotopic (exact) mass is 318 g/mol. The van der Waals surface area contributed by atoms with E-state index in [1.807, 2.05) is 0 Å². The lowest BCUT2D eigenvalue weighted by Gasteiger charge is -2.41. The number of aliphatic hydroxyl groups is 3. The molecule has 132 valence electrons. The Balaban J connectivity index is 2.31. The summed E-state index contributed by atoms with van der Waals surface area (Å²) >= 11 is 0. The number of nitrogens with one attached hydrogen (secondary N) is 2. The van der Waals surface area contributed by atoms with Gasteiger partial charge in [0.2, 0.25) is 0 Å². The second-order valence-electron chi connectivity index (χ2n) is 6.26.